The molecule has 0 aromatic carbocycles. The van der Waals surface area contributed by atoms with Gasteiger partial charge in [0.05, 0.1) is 11.7 Å². The number of rotatable bonds is 6. The zero-order valence-electron chi connectivity index (χ0n) is 14.9. The van der Waals surface area contributed by atoms with Crippen LogP contribution in [0.1, 0.15) is 36.4 Å². The second-order valence-electron chi connectivity index (χ2n) is 6.90. The van der Waals surface area contributed by atoms with E-state index in [1.54, 1.807) is 17.6 Å². The van der Waals surface area contributed by atoms with E-state index < -0.39 is 0 Å². The van der Waals surface area contributed by atoms with E-state index in [0.29, 0.717) is 13.0 Å². The third kappa shape index (κ3) is 3.09. The van der Waals surface area contributed by atoms with Crippen LogP contribution in [0.5, 0.6) is 0 Å². The highest BCUT2D eigenvalue weighted by Gasteiger charge is 2.43. The summed E-state index contributed by atoms with van der Waals surface area (Å²) in [5.41, 5.74) is 0.500. The quantitative estimate of drug-likeness (QED) is 0.716. The molecular weight excluding hydrogens is 346 g/mol. The Hall–Kier alpha value is -2.34. The van der Waals surface area contributed by atoms with E-state index >= 15 is 0 Å². The minimum atomic E-state index is -0.324. The van der Waals surface area contributed by atoms with Gasteiger partial charge in [0, 0.05) is 31.1 Å². The maximum Gasteiger partial charge on any atom is 0.231 e. The van der Waals surface area contributed by atoms with E-state index in [0.717, 1.165) is 43.0 Å². The number of carbonyl (C=O) groups excluding carboxylic acids is 1. The van der Waals surface area contributed by atoms with Crippen LogP contribution in [-0.4, -0.2) is 22.0 Å². The Bertz CT molecular complexity index is 859. The van der Waals surface area contributed by atoms with Crippen molar-refractivity contribution in [1.82, 2.24) is 14.9 Å². The van der Waals surface area contributed by atoms with Gasteiger partial charge < -0.3 is 14.3 Å². The third-order valence-corrected chi connectivity index (χ3v) is 6.34. The number of thiophene rings is 1. The lowest BCUT2D eigenvalue weighted by Gasteiger charge is -2.26. The van der Waals surface area contributed by atoms with Crippen molar-refractivity contribution in [2.75, 3.05) is 6.54 Å². The van der Waals surface area contributed by atoms with E-state index in [1.807, 2.05) is 36.0 Å². The van der Waals surface area contributed by atoms with E-state index in [9.17, 15) is 4.79 Å². The number of furan rings is 1. The number of hydrogen-bond acceptors (Lipinski definition) is 4. The normalized spacial score (nSPS) is 16.0. The van der Waals surface area contributed by atoms with Gasteiger partial charge in [-0.25, -0.2) is 4.98 Å². The van der Waals surface area contributed by atoms with Crippen molar-refractivity contribution in [3.63, 3.8) is 0 Å². The summed E-state index contributed by atoms with van der Waals surface area (Å²) in [6, 6.07) is 7.90. The Morgan fingerprint density at radius 3 is 2.88 bits per heavy atom. The van der Waals surface area contributed by atoms with E-state index in [4.69, 9.17) is 4.42 Å². The number of nitrogens with one attached hydrogen (secondary N) is 1. The van der Waals surface area contributed by atoms with Gasteiger partial charge in [0.25, 0.3) is 0 Å². The van der Waals surface area contributed by atoms with Gasteiger partial charge in [-0.1, -0.05) is 18.9 Å². The summed E-state index contributed by atoms with van der Waals surface area (Å²) in [6.45, 7) is 0.592. The molecule has 1 aliphatic carbocycles. The molecular formula is C20H23N3O2S. The molecule has 0 radical (unpaired) electrons. The first kappa shape index (κ1) is 17.1. The smallest absolute Gasteiger partial charge is 0.231 e. The number of amides is 1. The number of aryl methyl sites for hydroxylation is 1. The predicted molar refractivity (Wildman–Crippen MR) is 102 cm³/mol. The van der Waals surface area contributed by atoms with Gasteiger partial charge in [-0.2, -0.15) is 0 Å². The monoisotopic (exact) mass is 369 g/mol. The molecule has 3 heterocycles. The van der Waals surface area contributed by atoms with Crippen molar-refractivity contribution < 1.29 is 9.21 Å². The average Bonchev–Trinajstić information content (AvgIpc) is 3.42. The molecule has 1 N–H and O–H groups in total. The molecule has 1 fully saturated rings. The van der Waals surface area contributed by atoms with Crippen LogP contribution in [0, 0.1) is 0 Å². The lowest BCUT2D eigenvalue weighted by molar-refractivity contribution is -0.126. The van der Waals surface area contributed by atoms with Crippen LogP contribution in [0.2, 0.25) is 0 Å². The molecule has 3 aromatic rings. The Kier molecular flexibility index (Phi) is 4.68. The molecule has 1 aliphatic rings. The Balaban J connectivity index is 1.41. The average molecular weight is 369 g/mol. The highest BCUT2D eigenvalue weighted by Crippen LogP contribution is 2.43. The molecule has 0 atom stereocenters. The second-order valence-corrected chi connectivity index (χ2v) is 7.85. The van der Waals surface area contributed by atoms with Crippen molar-refractivity contribution in [3.8, 4) is 11.5 Å². The molecule has 0 saturated heterocycles. The number of hydrogen-bond donors (Lipinski definition) is 1. The lowest BCUT2D eigenvalue weighted by Crippen LogP contribution is -2.42. The topological polar surface area (TPSA) is 60.1 Å². The summed E-state index contributed by atoms with van der Waals surface area (Å²) in [5.74, 6) is 1.87. The highest BCUT2D eigenvalue weighted by molar-refractivity contribution is 7.10. The molecule has 0 spiro atoms. The third-order valence-electron chi connectivity index (χ3n) is 5.26. The zero-order chi connectivity index (χ0) is 18.0. The van der Waals surface area contributed by atoms with Crippen molar-refractivity contribution in [1.29, 1.82) is 0 Å². The fourth-order valence-electron chi connectivity index (χ4n) is 3.85. The number of aromatic nitrogens is 2. The first-order valence-electron chi connectivity index (χ1n) is 9.07. The zero-order valence-corrected chi connectivity index (χ0v) is 15.7. The number of nitrogens with zero attached hydrogens (tertiary/aromatic N) is 2. The Morgan fingerprint density at radius 1 is 1.35 bits per heavy atom. The van der Waals surface area contributed by atoms with Crippen molar-refractivity contribution in [2.45, 2.75) is 37.5 Å². The Labute approximate surface area is 157 Å². The fraction of sp³-hybridized carbons (Fsp3) is 0.400. The van der Waals surface area contributed by atoms with Crippen molar-refractivity contribution in [2.24, 2.45) is 7.05 Å². The molecule has 6 heteroatoms. The largest absolute Gasteiger partial charge is 0.463 e. The molecule has 1 saturated carbocycles. The second kappa shape index (κ2) is 7.11. The lowest BCUT2D eigenvalue weighted by atomic mass is 9.83. The van der Waals surface area contributed by atoms with Crippen molar-refractivity contribution in [3.05, 3.63) is 52.8 Å². The van der Waals surface area contributed by atoms with Gasteiger partial charge in [0.1, 0.15) is 11.5 Å². The molecule has 5 nitrogen and oxygen atoms in total. The van der Waals surface area contributed by atoms with E-state index in [-0.39, 0.29) is 11.3 Å². The summed E-state index contributed by atoms with van der Waals surface area (Å²) in [6.07, 6.45) is 8.45. The van der Waals surface area contributed by atoms with Crippen molar-refractivity contribution >= 4 is 17.2 Å². The van der Waals surface area contributed by atoms with Crippen LogP contribution in [0.3, 0.4) is 0 Å². The molecule has 0 bridgehead atoms. The SMILES string of the molecule is Cn1cc(-c2ccco2)nc1CCNC(=O)C1(c2cccs2)CCCC1. The van der Waals surface area contributed by atoms with Crippen LogP contribution >= 0.6 is 11.3 Å². The molecule has 136 valence electrons. The van der Waals surface area contributed by atoms with Gasteiger partial charge in [0.2, 0.25) is 5.91 Å². The highest BCUT2D eigenvalue weighted by atomic mass is 32.1. The minimum absolute atomic E-state index is 0.165. The number of imidazole rings is 1. The van der Waals surface area contributed by atoms with Gasteiger partial charge in [-0.05, 0) is 36.4 Å². The molecule has 3 aromatic heterocycles. The number of carbonyl (C=O) groups is 1. The Morgan fingerprint density at radius 2 is 2.19 bits per heavy atom. The van der Waals surface area contributed by atoms with E-state index in [2.05, 4.69) is 21.7 Å². The molecule has 4 rings (SSSR count). The summed E-state index contributed by atoms with van der Waals surface area (Å²) in [7, 11) is 1.97. The minimum Gasteiger partial charge on any atom is -0.463 e. The molecule has 26 heavy (non-hydrogen) atoms. The van der Waals surface area contributed by atoms with Crippen LogP contribution < -0.4 is 5.32 Å². The summed E-state index contributed by atoms with van der Waals surface area (Å²) < 4.78 is 7.40. The first-order valence-corrected chi connectivity index (χ1v) is 9.95. The summed E-state index contributed by atoms with van der Waals surface area (Å²) >= 11 is 1.69. The summed E-state index contributed by atoms with van der Waals surface area (Å²) in [4.78, 5) is 18.8. The maximum atomic E-state index is 13.0. The van der Waals surface area contributed by atoms with Crippen LogP contribution in [-0.2, 0) is 23.7 Å². The molecule has 0 aliphatic heterocycles. The van der Waals surface area contributed by atoms with Gasteiger partial charge in [-0.15, -0.1) is 11.3 Å². The summed E-state index contributed by atoms with van der Waals surface area (Å²) in [5, 5.41) is 5.23. The molecule has 0 unspecified atom stereocenters. The maximum absolute atomic E-state index is 13.0. The predicted octanol–water partition coefficient (Wildman–Crippen LogP) is 3.91. The van der Waals surface area contributed by atoms with Crippen LogP contribution in [0.15, 0.2) is 46.5 Å². The van der Waals surface area contributed by atoms with Crippen LogP contribution in [0.25, 0.3) is 11.5 Å². The first-order chi connectivity index (χ1) is 12.7. The fourth-order valence-corrected chi connectivity index (χ4v) is 4.84. The molecule has 1 amide bonds. The van der Waals surface area contributed by atoms with Crippen LogP contribution in [0.4, 0.5) is 0 Å². The van der Waals surface area contributed by atoms with Gasteiger partial charge in [0.15, 0.2) is 5.76 Å². The van der Waals surface area contributed by atoms with Gasteiger partial charge in [-0.3, -0.25) is 4.79 Å². The van der Waals surface area contributed by atoms with E-state index in [1.165, 1.54) is 4.88 Å². The standard InChI is InChI=1S/C20H23N3O2S/c1-23-14-15(16-6-4-12-25-16)22-18(23)8-11-21-19(24)20(9-2-3-10-20)17-7-5-13-26-17/h4-7,12-14H,2-3,8-11H2,1H3,(H,21,24). The van der Waals surface area contributed by atoms with Gasteiger partial charge >= 0.3 is 0 Å².